The average Bonchev–Trinajstić information content (AvgIpc) is 3.03. The second-order valence-corrected chi connectivity index (χ2v) is 7.55. The van der Waals surface area contributed by atoms with E-state index in [0.29, 0.717) is 12.2 Å². The number of carbonyl (C=O) groups is 1. The van der Waals surface area contributed by atoms with Crippen molar-refractivity contribution in [3.63, 3.8) is 0 Å². The van der Waals surface area contributed by atoms with Crippen molar-refractivity contribution in [1.29, 1.82) is 0 Å². The highest BCUT2D eigenvalue weighted by Gasteiger charge is 2.33. The van der Waals surface area contributed by atoms with Gasteiger partial charge in [0.2, 0.25) is 0 Å². The molecule has 0 aliphatic carbocycles. The minimum Gasteiger partial charge on any atom is -0.373 e. The summed E-state index contributed by atoms with van der Waals surface area (Å²) in [6.45, 7) is 10.2. The predicted octanol–water partition coefficient (Wildman–Crippen LogP) is 1.37. The molecule has 2 aliphatic rings. The van der Waals surface area contributed by atoms with Crippen molar-refractivity contribution in [1.82, 2.24) is 19.6 Å². The van der Waals surface area contributed by atoms with Gasteiger partial charge in [-0.3, -0.25) is 14.5 Å². The molecule has 0 aromatic carbocycles. The summed E-state index contributed by atoms with van der Waals surface area (Å²) in [5.41, 5.74) is 0.214. The van der Waals surface area contributed by atoms with Crippen LogP contribution in [0.4, 0.5) is 0 Å². The zero-order chi connectivity index (χ0) is 18.7. The summed E-state index contributed by atoms with van der Waals surface area (Å²) in [6.07, 6.45) is 3.29. The minimum absolute atomic E-state index is 0.0632. The standard InChI is InChI=1S/C19H30N4O3/c1-4-9-23-18(24)8-7-17(20-23)19(25)22-10-5-6-16(22)13-21-11-14(2)26-15(3)12-21/h7-8,14-16H,4-6,9-13H2,1-3H3. The van der Waals surface area contributed by atoms with E-state index in [0.717, 1.165) is 45.4 Å². The molecule has 26 heavy (non-hydrogen) atoms. The van der Waals surface area contributed by atoms with Crippen molar-refractivity contribution >= 4 is 5.91 Å². The van der Waals surface area contributed by atoms with Crippen LogP contribution in [0.25, 0.3) is 0 Å². The Morgan fingerprint density at radius 3 is 2.69 bits per heavy atom. The molecule has 2 aliphatic heterocycles. The summed E-state index contributed by atoms with van der Waals surface area (Å²) in [6, 6.07) is 3.21. The van der Waals surface area contributed by atoms with Crippen molar-refractivity contribution in [2.45, 2.75) is 64.8 Å². The molecular formula is C19H30N4O3. The highest BCUT2D eigenvalue weighted by Crippen LogP contribution is 2.22. The topological polar surface area (TPSA) is 67.7 Å². The Hall–Kier alpha value is -1.73. The van der Waals surface area contributed by atoms with E-state index in [-0.39, 0.29) is 29.7 Å². The molecule has 3 rings (SSSR count). The first-order valence-corrected chi connectivity index (χ1v) is 9.75. The number of likely N-dealkylation sites (tertiary alicyclic amines) is 1. The Bertz CT molecular complexity index is 680. The van der Waals surface area contributed by atoms with Gasteiger partial charge in [-0.05, 0) is 39.2 Å². The molecule has 7 heteroatoms. The number of ether oxygens (including phenoxy) is 1. The molecule has 1 aromatic heterocycles. The maximum Gasteiger partial charge on any atom is 0.274 e. The van der Waals surface area contributed by atoms with Crippen LogP contribution in [-0.4, -0.2) is 69.9 Å². The van der Waals surface area contributed by atoms with Gasteiger partial charge in [0, 0.05) is 44.8 Å². The fourth-order valence-electron chi connectivity index (χ4n) is 4.11. The second kappa shape index (κ2) is 8.31. The van der Waals surface area contributed by atoms with Crippen LogP contribution in [0, 0.1) is 0 Å². The largest absolute Gasteiger partial charge is 0.373 e. The number of aryl methyl sites for hydroxylation is 1. The van der Waals surface area contributed by atoms with Crippen LogP contribution in [0.2, 0.25) is 0 Å². The first-order chi connectivity index (χ1) is 12.5. The molecule has 1 aromatic rings. The lowest BCUT2D eigenvalue weighted by Gasteiger charge is -2.38. The van der Waals surface area contributed by atoms with Gasteiger partial charge in [-0.25, -0.2) is 4.68 Å². The number of rotatable bonds is 5. The van der Waals surface area contributed by atoms with Gasteiger partial charge in [-0.2, -0.15) is 5.10 Å². The summed E-state index contributed by atoms with van der Waals surface area (Å²) in [7, 11) is 0. The van der Waals surface area contributed by atoms with Crippen molar-refractivity contribution in [3.05, 3.63) is 28.2 Å². The van der Waals surface area contributed by atoms with Gasteiger partial charge in [0.15, 0.2) is 0 Å². The van der Waals surface area contributed by atoms with Crippen LogP contribution in [0.3, 0.4) is 0 Å². The van der Waals surface area contributed by atoms with Gasteiger partial charge < -0.3 is 9.64 Å². The van der Waals surface area contributed by atoms with Crippen molar-refractivity contribution in [2.24, 2.45) is 0 Å². The minimum atomic E-state index is -0.155. The molecule has 0 N–H and O–H groups in total. The van der Waals surface area contributed by atoms with Gasteiger partial charge in [0.25, 0.3) is 11.5 Å². The molecule has 3 heterocycles. The predicted molar refractivity (Wildman–Crippen MR) is 99.3 cm³/mol. The molecule has 3 atom stereocenters. The van der Waals surface area contributed by atoms with Crippen molar-refractivity contribution in [2.75, 3.05) is 26.2 Å². The third-order valence-corrected chi connectivity index (χ3v) is 5.12. The smallest absolute Gasteiger partial charge is 0.274 e. The molecule has 1 amide bonds. The molecule has 7 nitrogen and oxygen atoms in total. The third kappa shape index (κ3) is 4.32. The van der Waals surface area contributed by atoms with E-state index in [1.165, 1.54) is 10.7 Å². The number of amides is 1. The zero-order valence-corrected chi connectivity index (χ0v) is 16.1. The van der Waals surface area contributed by atoms with Crippen LogP contribution in [0.5, 0.6) is 0 Å². The lowest BCUT2D eigenvalue weighted by atomic mass is 10.1. The Morgan fingerprint density at radius 2 is 2.00 bits per heavy atom. The Morgan fingerprint density at radius 1 is 1.27 bits per heavy atom. The van der Waals surface area contributed by atoms with Crippen LogP contribution in [0.1, 0.15) is 50.5 Å². The number of nitrogens with zero attached hydrogens (tertiary/aromatic N) is 4. The van der Waals surface area contributed by atoms with Crippen LogP contribution < -0.4 is 5.56 Å². The lowest BCUT2D eigenvalue weighted by Crippen LogP contribution is -2.51. The Labute approximate surface area is 154 Å². The quantitative estimate of drug-likeness (QED) is 0.791. The third-order valence-electron chi connectivity index (χ3n) is 5.12. The van der Waals surface area contributed by atoms with Crippen molar-refractivity contribution in [3.8, 4) is 0 Å². The number of aromatic nitrogens is 2. The van der Waals surface area contributed by atoms with Gasteiger partial charge >= 0.3 is 0 Å². The summed E-state index contributed by atoms with van der Waals surface area (Å²) in [5, 5.41) is 4.29. The number of hydrogen-bond donors (Lipinski definition) is 0. The molecule has 2 fully saturated rings. The SMILES string of the molecule is CCCn1nc(C(=O)N2CCCC2CN2CC(C)OC(C)C2)ccc1=O. The fourth-order valence-corrected chi connectivity index (χ4v) is 4.11. The first kappa shape index (κ1) is 19.0. The number of morpholine rings is 1. The van der Waals surface area contributed by atoms with Crippen LogP contribution in [0.15, 0.2) is 16.9 Å². The normalized spacial score (nSPS) is 27.0. The Balaban J connectivity index is 1.70. The van der Waals surface area contributed by atoms with Crippen LogP contribution >= 0.6 is 0 Å². The molecule has 144 valence electrons. The van der Waals surface area contributed by atoms with E-state index in [4.69, 9.17) is 4.74 Å². The van der Waals surface area contributed by atoms with E-state index >= 15 is 0 Å². The van der Waals surface area contributed by atoms with E-state index in [9.17, 15) is 9.59 Å². The monoisotopic (exact) mass is 362 g/mol. The van der Waals surface area contributed by atoms with E-state index in [2.05, 4.69) is 23.8 Å². The molecular weight excluding hydrogens is 332 g/mol. The highest BCUT2D eigenvalue weighted by molar-refractivity contribution is 5.92. The van der Waals surface area contributed by atoms with Crippen molar-refractivity contribution < 1.29 is 9.53 Å². The average molecular weight is 362 g/mol. The highest BCUT2D eigenvalue weighted by atomic mass is 16.5. The number of carbonyl (C=O) groups excluding carboxylic acids is 1. The fraction of sp³-hybridized carbons (Fsp3) is 0.737. The van der Waals surface area contributed by atoms with Gasteiger partial charge in [-0.1, -0.05) is 6.92 Å². The molecule has 0 radical (unpaired) electrons. The zero-order valence-electron chi connectivity index (χ0n) is 16.1. The molecule has 0 bridgehead atoms. The van der Waals surface area contributed by atoms with E-state index < -0.39 is 0 Å². The maximum atomic E-state index is 13.0. The maximum absolute atomic E-state index is 13.0. The number of hydrogen-bond acceptors (Lipinski definition) is 5. The van der Waals surface area contributed by atoms with E-state index in [1.807, 2.05) is 11.8 Å². The first-order valence-electron chi connectivity index (χ1n) is 9.75. The second-order valence-electron chi connectivity index (χ2n) is 7.55. The van der Waals surface area contributed by atoms with E-state index in [1.54, 1.807) is 6.07 Å². The lowest BCUT2D eigenvalue weighted by molar-refractivity contribution is -0.0715. The molecule has 2 saturated heterocycles. The summed E-state index contributed by atoms with van der Waals surface area (Å²) in [5.74, 6) is -0.0632. The summed E-state index contributed by atoms with van der Waals surface area (Å²) in [4.78, 5) is 29.2. The Kier molecular flexibility index (Phi) is 6.09. The molecule has 0 saturated carbocycles. The van der Waals surface area contributed by atoms with Gasteiger partial charge in [-0.15, -0.1) is 0 Å². The van der Waals surface area contributed by atoms with Gasteiger partial charge in [0.05, 0.1) is 12.2 Å². The van der Waals surface area contributed by atoms with Crippen LogP contribution in [-0.2, 0) is 11.3 Å². The molecule has 3 unspecified atom stereocenters. The summed E-state index contributed by atoms with van der Waals surface area (Å²) >= 11 is 0. The van der Waals surface area contributed by atoms with Gasteiger partial charge in [0.1, 0.15) is 5.69 Å². The summed E-state index contributed by atoms with van der Waals surface area (Å²) < 4.78 is 7.20. The molecule has 0 spiro atoms.